The monoisotopic (exact) mass is 537 g/mol. The molecule has 3 heterocycles. The molecule has 1 aromatic carbocycles. The highest BCUT2D eigenvalue weighted by Crippen LogP contribution is 2.34. The number of aryl methyl sites for hydroxylation is 1. The van der Waals surface area contributed by atoms with Crippen LogP contribution < -0.4 is 16.0 Å². The van der Waals surface area contributed by atoms with Gasteiger partial charge in [-0.15, -0.1) is 0 Å². The lowest BCUT2D eigenvalue weighted by Crippen LogP contribution is -2.62. The first kappa shape index (κ1) is 27.4. The summed E-state index contributed by atoms with van der Waals surface area (Å²) >= 11 is 0. The number of hydrogen-bond donors (Lipinski definition) is 2. The summed E-state index contributed by atoms with van der Waals surface area (Å²) in [5.41, 5.74) is 5.43. The Labute approximate surface area is 218 Å². The molecule has 0 spiro atoms. The fourth-order valence-electron chi connectivity index (χ4n) is 5.25. The normalized spacial score (nSPS) is 22.4. The number of benzene rings is 1. The molecular formula is C25H31F4N7O2. The molecule has 0 saturated carbocycles. The van der Waals surface area contributed by atoms with Crippen LogP contribution in [0.25, 0.3) is 0 Å². The lowest BCUT2D eigenvalue weighted by molar-refractivity contribution is -0.143. The third kappa shape index (κ3) is 5.60. The van der Waals surface area contributed by atoms with Crippen LogP contribution in [0.2, 0.25) is 0 Å². The second-order valence-corrected chi connectivity index (χ2v) is 9.99. The first-order valence-corrected chi connectivity index (χ1v) is 12.3. The molecule has 0 radical (unpaired) electrons. The quantitative estimate of drug-likeness (QED) is 0.565. The van der Waals surface area contributed by atoms with Gasteiger partial charge in [-0.1, -0.05) is 0 Å². The van der Waals surface area contributed by atoms with Crippen molar-refractivity contribution in [3.8, 4) is 0 Å². The predicted molar refractivity (Wildman–Crippen MR) is 134 cm³/mol. The zero-order valence-electron chi connectivity index (χ0n) is 21.4. The van der Waals surface area contributed by atoms with E-state index < -0.39 is 35.6 Å². The summed E-state index contributed by atoms with van der Waals surface area (Å²) in [7, 11) is 3.27. The van der Waals surface area contributed by atoms with Crippen molar-refractivity contribution in [1.82, 2.24) is 19.8 Å². The van der Waals surface area contributed by atoms with Gasteiger partial charge < -0.3 is 25.8 Å². The Bertz CT molecular complexity index is 1210. The molecular weight excluding hydrogens is 506 g/mol. The molecule has 1 aromatic heterocycles. The molecule has 9 nitrogen and oxygen atoms in total. The molecule has 0 aliphatic carbocycles. The van der Waals surface area contributed by atoms with Gasteiger partial charge in [0.05, 0.1) is 17.5 Å². The van der Waals surface area contributed by atoms with Crippen molar-refractivity contribution >= 4 is 29.1 Å². The Morgan fingerprint density at radius 3 is 2.58 bits per heavy atom. The number of hydrogen-bond acceptors (Lipinski definition) is 7. The van der Waals surface area contributed by atoms with Crippen molar-refractivity contribution in [3.05, 3.63) is 41.5 Å². The van der Waals surface area contributed by atoms with E-state index >= 15 is 0 Å². The van der Waals surface area contributed by atoms with Crippen LogP contribution in [0.1, 0.15) is 30.4 Å². The van der Waals surface area contributed by atoms with Gasteiger partial charge in [-0.3, -0.25) is 9.59 Å². The number of nitrogens with two attached hydrogens (primary N) is 1. The molecule has 3 atom stereocenters. The number of nitrogens with zero attached hydrogens (tertiary/aromatic N) is 5. The second-order valence-electron chi connectivity index (χ2n) is 9.99. The van der Waals surface area contributed by atoms with Gasteiger partial charge in [-0.2, -0.15) is 17.6 Å². The highest BCUT2D eigenvalue weighted by Gasteiger charge is 2.44. The summed E-state index contributed by atoms with van der Waals surface area (Å²) < 4.78 is 54.7. The number of carbonyl (C=O) groups is 2. The van der Waals surface area contributed by atoms with Gasteiger partial charge >= 0.3 is 6.18 Å². The van der Waals surface area contributed by atoms with Crippen molar-refractivity contribution in [1.29, 1.82) is 0 Å². The smallest absolute Gasteiger partial charge is 0.381 e. The molecule has 2 aliphatic heterocycles. The van der Waals surface area contributed by atoms with Crippen molar-refractivity contribution in [2.75, 3.05) is 49.7 Å². The summed E-state index contributed by atoms with van der Waals surface area (Å²) in [6.45, 7) is 2.38. The number of piperidine rings is 2. The zero-order valence-corrected chi connectivity index (χ0v) is 21.4. The van der Waals surface area contributed by atoms with Gasteiger partial charge in [0.2, 0.25) is 17.6 Å². The minimum absolute atomic E-state index is 0.00294. The van der Waals surface area contributed by atoms with Crippen molar-refractivity contribution < 1.29 is 27.2 Å². The SMILES string of the molecule is Cc1cc(N[C@@H]2CCCN([C@H]3CN(c4ncnc(N)c4F)CC[C@@H]3C(=O)N(C)C)C2=O)cc(C(F)(F)F)c1. The molecule has 0 bridgehead atoms. The lowest BCUT2D eigenvalue weighted by Gasteiger charge is -2.47. The number of alkyl halides is 3. The fraction of sp³-hybridized carbons (Fsp3) is 0.520. The fourth-order valence-corrected chi connectivity index (χ4v) is 5.25. The van der Waals surface area contributed by atoms with E-state index in [1.807, 2.05) is 0 Å². The molecule has 2 aliphatic rings. The second kappa shape index (κ2) is 10.6. The molecule has 4 rings (SSSR count). The highest BCUT2D eigenvalue weighted by molar-refractivity contribution is 5.87. The van der Waals surface area contributed by atoms with Gasteiger partial charge in [0.25, 0.3) is 0 Å². The van der Waals surface area contributed by atoms with E-state index in [1.54, 1.807) is 36.9 Å². The standard InChI is InChI=1S/C25H31F4N7O2/c1-14-9-15(25(27,28)29)11-16(10-14)33-18-5-4-7-36(24(18)38)19-12-35(8-6-17(19)23(37)34(2)3)22-20(26)21(30)31-13-32-22/h9-11,13,17-19,33H,4-8,12H2,1-3H3,(H2,30,31,32)/t17-,18+,19-/m0/s1. The number of carbonyl (C=O) groups excluding carboxylic acids is 2. The van der Waals surface area contributed by atoms with E-state index in [1.165, 1.54) is 4.90 Å². The first-order valence-electron chi connectivity index (χ1n) is 12.3. The molecule has 3 N–H and O–H groups in total. The van der Waals surface area contributed by atoms with E-state index in [9.17, 15) is 27.2 Å². The van der Waals surface area contributed by atoms with Gasteiger partial charge in [0, 0.05) is 39.4 Å². The van der Waals surface area contributed by atoms with Crippen LogP contribution in [-0.4, -0.2) is 77.4 Å². The third-order valence-electron chi connectivity index (χ3n) is 7.06. The maximum Gasteiger partial charge on any atom is 0.416 e. The highest BCUT2D eigenvalue weighted by atomic mass is 19.4. The van der Waals surface area contributed by atoms with Crippen LogP contribution in [0.15, 0.2) is 24.5 Å². The Balaban J connectivity index is 1.61. The average Bonchev–Trinajstić information content (AvgIpc) is 2.85. The number of nitrogens with one attached hydrogen (secondary N) is 1. The van der Waals surface area contributed by atoms with E-state index in [0.29, 0.717) is 37.9 Å². The summed E-state index contributed by atoms with van der Waals surface area (Å²) in [5.74, 6) is -2.09. The first-order chi connectivity index (χ1) is 17.9. The van der Waals surface area contributed by atoms with Gasteiger partial charge in [-0.25, -0.2) is 9.97 Å². The lowest BCUT2D eigenvalue weighted by atomic mass is 9.87. The molecule has 0 unspecified atom stereocenters. The van der Waals surface area contributed by atoms with Crippen molar-refractivity contribution in [2.45, 2.75) is 44.4 Å². The Kier molecular flexibility index (Phi) is 7.65. The molecule has 2 amide bonds. The molecule has 206 valence electrons. The van der Waals surface area contributed by atoms with Gasteiger partial charge in [0.1, 0.15) is 12.4 Å². The number of amides is 2. The van der Waals surface area contributed by atoms with Gasteiger partial charge in [-0.05, 0) is 49.9 Å². The summed E-state index contributed by atoms with van der Waals surface area (Å²) in [6, 6.07) is 2.22. The minimum atomic E-state index is -4.52. The van der Waals surface area contributed by atoms with Gasteiger partial charge in [0.15, 0.2) is 11.6 Å². The average molecular weight is 538 g/mol. The van der Waals surface area contributed by atoms with E-state index in [0.717, 1.165) is 18.5 Å². The van der Waals surface area contributed by atoms with E-state index in [2.05, 4.69) is 15.3 Å². The van der Waals surface area contributed by atoms with Crippen LogP contribution in [0.3, 0.4) is 0 Å². The number of likely N-dealkylation sites (tertiary alicyclic amines) is 1. The number of nitrogen functional groups attached to an aromatic ring is 1. The maximum absolute atomic E-state index is 14.7. The maximum atomic E-state index is 14.7. The molecule has 38 heavy (non-hydrogen) atoms. The van der Waals surface area contributed by atoms with E-state index in [-0.39, 0.29) is 35.7 Å². The molecule has 2 saturated heterocycles. The van der Waals surface area contributed by atoms with Crippen molar-refractivity contribution in [2.24, 2.45) is 5.92 Å². The molecule has 2 aromatic rings. The Morgan fingerprint density at radius 2 is 1.89 bits per heavy atom. The molecule has 13 heteroatoms. The largest absolute Gasteiger partial charge is 0.416 e. The summed E-state index contributed by atoms with van der Waals surface area (Å²) in [4.78, 5) is 39.2. The summed E-state index contributed by atoms with van der Waals surface area (Å²) in [5, 5.41) is 2.98. The Morgan fingerprint density at radius 1 is 1.16 bits per heavy atom. The van der Waals surface area contributed by atoms with Crippen LogP contribution in [0.5, 0.6) is 0 Å². The number of rotatable bonds is 5. The topological polar surface area (TPSA) is 108 Å². The van der Waals surface area contributed by atoms with Crippen LogP contribution in [-0.2, 0) is 15.8 Å². The van der Waals surface area contributed by atoms with Crippen LogP contribution in [0, 0.1) is 18.7 Å². The number of anilines is 3. The number of halogens is 4. The van der Waals surface area contributed by atoms with Crippen molar-refractivity contribution in [3.63, 3.8) is 0 Å². The minimum Gasteiger partial charge on any atom is -0.381 e. The van der Waals surface area contributed by atoms with Crippen LogP contribution >= 0.6 is 0 Å². The Hall–Kier alpha value is -3.64. The third-order valence-corrected chi connectivity index (χ3v) is 7.06. The van der Waals surface area contributed by atoms with Crippen LogP contribution in [0.4, 0.5) is 34.9 Å². The number of aromatic nitrogens is 2. The molecule has 2 fully saturated rings. The van der Waals surface area contributed by atoms with E-state index in [4.69, 9.17) is 5.73 Å². The summed E-state index contributed by atoms with van der Waals surface area (Å²) in [6.07, 6.45) is -2.02. The zero-order chi connectivity index (χ0) is 27.8. The predicted octanol–water partition coefficient (Wildman–Crippen LogP) is 2.91.